The van der Waals surface area contributed by atoms with Gasteiger partial charge in [0.2, 0.25) is 0 Å². The second kappa shape index (κ2) is 4.30. The monoisotopic (exact) mass is 238 g/mol. The SMILES string of the molecule is COc1cc(C(F)(F)F)c(B(O)O)cc1F. The maximum absolute atomic E-state index is 13.1. The molecule has 0 atom stereocenters. The third kappa shape index (κ3) is 2.45. The largest absolute Gasteiger partial charge is 0.494 e. The molecule has 0 bridgehead atoms. The molecule has 0 unspecified atom stereocenters. The molecule has 0 spiro atoms. The third-order valence-corrected chi connectivity index (χ3v) is 1.91. The predicted molar refractivity (Wildman–Crippen MR) is 47.8 cm³/mol. The van der Waals surface area contributed by atoms with Crippen LogP contribution in [-0.2, 0) is 6.18 Å². The van der Waals surface area contributed by atoms with E-state index in [1.54, 1.807) is 0 Å². The lowest BCUT2D eigenvalue weighted by molar-refractivity contribution is -0.137. The summed E-state index contributed by atoms with van der Waals surface area (Å²) in [6, 6.07) is 0.760. The Morgan fingerprint density at radius 2 is 1.81 bits per heavy atom. The average Bonchev–Trinajstić information content (AvgIpc) is 2.15. The van der Waals surface area contributed by atoms with Gasteiger partial charge >= 0.3 is 13.3 Å². The highest BCUT2D eigenvalue weighted by Crippen LogP contribution is 2.31. The summed E-state index contributed by atoms with van der Waals surface area (Å²) in [7, 11) is -1.40. The number of benzene rings is 1. The van der Waals surface area contributed by atoms with Gasteiger partial charge in [-0.15, -0.1) is 0 Å². The van der Waals surface area contributed by atoms with Crippen LogP contribution in [0.5, 0.6) is 5.75 Å². The summed E-state index contributed by atoms with van der Waals surface area (Å²) in [4.78, 5) is 0. The number of ether oxygens (including phenoxy) is 1. The van der Waals surface area contributed by atoms with Crippen molar-refractivity contribution in [2.45, 2.75) is 6.18 Å². The molecule has 1 aromatic rings. The van der Waals surface area contributed by atoms with Gasteiger partial charge in [-0.05, 0) is 17.6 Å². The summed E-state index contributed by atoms with van der Waals surface area (Å²) in [5, 5.41) is 17.4. The molecular weight excluding hydrogens is 231 g/mol. The number of halogens is 4. The average molecular weight is 238 g/mol. The van der Waals surface area contributed by atoms with Crippen LogP contribution in [0.1, 0.15) is 5.56 Å². The molecule has 0 radical (unpaired) electrons. The second-order valence-electron chi connectivity index (χ2n) is 2.95. The number of hydrogen-bond donors (Lipinski definition) is 2. The summed E-state index contributed by atoms with van der Waals surface area (Å²) >= 11 is 0. The van der Waals surface area contributed by atoms with Crippen molar-refractivity contribution in [3.8, 4) is 5.75 Å². The van der Waals surface area contributed by atoms with Gasteiger partial charge in [0.25, 0.3) is 0 Å². The molecule has 0 amide bonds. The summed E-state index contributed by atoms with van der Waals surface area (Å²) in [5.41, 5.74) is -2.30. The van der Waals surface area contributed by atoms with Gasteiger partial charge in [-0.1, -0.05) is 0 Å². The van der Waals surface area contributed by atoms with Crippen molar-refractivity contribution in [1.82, 2.24) is 0 Å². The van der Waals surface area contributed by atoms with Crippen LogP contribution in [0.15, 0.2) is 12.1 Å². The Balaban J connectivity index is 3.43. The zero-order valence-corrected chi connectivity index (χ0v) is 8.05. The summed E-state index contributed by atoms with van der Waals surface area (Å²) in [6.45, 7) is 0. The normalized spacial score (nSPS) is 11.4. The fourth-order valence-electron chi connectivity index (χ4n) is 1.18. The zero-order valence-electron chi connectivity index (χ0n) is 8.05. The van der Waals surface area contributed by atoms with Crippen LogP contribution in [0.4, 0.5) is 17.6 Å². The highest BCUT2D eigenvalue weighted by Gasteiger charge is 2.37. The quantitative estimate of drug-likeness (QED) is 0.583. The van der Waals surface area contributed by atoms with Gasteiger partial charge in [-0.3, -0.25) is 0 Å². The van der Waals surface area contributed by atoms with Gasteiger partial charge in [0.05, 0.1) is 12.7 Å². The van der Waals surface area contributed by atoms with Gasteiger partial charge < -0.3 is 14.8 Å². The van der Waals surface area contributed by atoms with Gasteiger partial charge in [0.15, 0.2) is 11.6 Å². The minimum Gasteiger partial charge on any atom is -0.494 e. The number of alkyl halides is 3. The maximum Gasteiger partial charge on any atom is 0.489 e. The molecule has 1 rings (SSSR count). The van der Waals surface area contributed by atoms with E-state index in [2.05, 4.69) is 4.74 Å². The molecule has 0 aliphatic heterocycles. The van der Waals surface area contributed by atoms with Gasteiger partial charge in [0.1, 0.15) is 0 Å². The summed E-state index contributed by atoms with van der Waals surface area (Å²) in [6.07, 6.45) is -4.82. The molecule has 0 aromatic heterocycles. The van der Waals surface area contributed by atoms with Crippen molar-refractivity contribution in [3.05, 3.63) is 23.5 Å². The minimum absolute atomic E-state index is 0.379. The first kappa shape index (κ1) is 12.8. The molecular formula is C8H7BF4O3. The lowest BCUT2D eigenvalue weighted by atomic mass is 9.76. The second-order valence-corrected chi connectivity index (χ2v) is 2.95. The van der Waals surface area contributed by atoms with E-state index in [9.17, 15) is 17.6 Å². The first-order valence-electron chi connectivity index (χ1n) is 4.08. The van der Waals surface area contributed by atoms with Crippen LogP contribution in [0.3, 0.4) is 0 Å². The van der Waals surface area contributed by atoms with Crippen LogP contribution in [0.2, 0.25) is 0 Å². The van der Waals surface area contributed by atoms with Gasteiger partial charge in [0, 0.05) is 0 Å². The molecule has 0 saturated heterocycles. The van der Waals surface area contributed by atoms with Crippen molar-refractivity contribution in [2.24, 2.45) is 0 Å². The maximum atomic E-state index is 13.1. The molecule has 8 heteroatoms. The molecule has 2 N–H and O–H groups in total. The third-order valence-electron chi connectivity index (χ3n) is 1.91. The van der Waals surface area contributed by atoms with E-state index in [0.29, 0.717) is 12.1 Å². The Morgan fingerprint density at radius 3 is 2.19 bits per heavy atom. The van der Waals surface area contributed by atoms with Crippen LogP contribution < -0.4 is 10.2 Å². The first-order valence-corrected chi connectivity index (χ1v) is 4.08. The smallest absolute Gasteiger partial charge is 0.489 e. The molecule has 3 nitrogen and oxygen atoms in total. The first-order chi connectivity index (χ1) is 7.27. The molecule has 88 valence electrons. The Kier molecular flexibility index (Phi) is 3.44. The number of hydrogen-bond acceptors (Lipinski definition) is 3. The molecule has 0 fully saturated rings. The van der Waals surface area contributed by atoms with Gasteiger partial charge in [-0.25, -0.2) is 4.39 Å². The molecule has 1 aromatic carbocycles. The highest BCUT2D eigenvalue weighted by molar-refractivity contribution is 6.59. The zero-order chi connectivity index (χ0) is 12.5. The predicted octanol–water partition coefficient (Wildman–Crippen LogP) is 0.533. The Bertz CT molecular complexity index is 392. The molecule has 0 aliphatic rings. The lowest BCUT2D eigenvalue weighted by Crippen LogP contribution is -2.36. The fourth-order valence-corrected chi connectivity index (χ4v) is 1.18. The van der Waals surface area contributed by atoms with E-state index in [1.807, 2.05) is 0 Å². The van der Waals surface area contributed by atoms with Crippen LogP contribution in [-0.4, -0.2) is 24.3 Å². The van der Waals surface area contributed by atoms with Crippen LogP contribution >= 0.6 is 0 Å². The summed E-state index contributed by atoms with van der Waals surface area (Å²) < 4.78 is 54.8. The molecule has 0 heterocycles. The Labute approximate surface area is 88.4 Å². The van der Waals surface area contributed by atoms with Gasteiger partial charge in [-0.2, -0.15) is 13.2 Å². The summed E-state index contributed by atoms with van der Waals surface area (Å²) in [5.74, 6) is -1.71. The van der Waals surface area contributed by atoms with E-state index in [1.165, 1.54) is 0 Å². The van der Waals surface area contributed by atoms with E-state index < -0.39 is 35.9 Å². The standard InChI is InChI=1S/C8H7BF4O3/c1-16-7-2-4(8(11,12)13)5(9(14)15)3-6(7)10/h2-3,14-15H,1H3. The number of methoxy groups -OCH3 is 1. The van der Waals surface area contributed by atoms with E-state index in [-0.39, 0.29) is 0 Å². The minimum atomic E-state index is -4.82. The van der Waals surface area contributed by atoms with Crippen molar-refractivity contribution >= 4 is 12.6 Å². The Hall–Kier alpha value is -1.28. The highest BCUT2D eigenvalue weighted by atomic mass is 19.4. The Morgan fingerprint density at radius 1 is 1.25 bits per heavy atom. The van der Waals surface area contributed by atoms with Crippen molar-refractivity contribution in [1.29, 1.82) is 0 Å². The number of rotatable bonds is 2. The van der Waals surface area contributed by atoms with E-state index in [0.717, 1.165) is 7.11 Å². The van der Waals surface area contributed by atoms with Crippen molar-refractivity contribution in [2.75, 3.05) is 7.11 Å². The van der Waals surface area contributed by atoms with E-state index in [4.69, 9.17) is 10.0 Å². The molecule has 0 saturated carbocycles. The van der Waals surface area contributed by atoms with Crippen LogP contribution in [0.25, 0.3) is 0 Å². The fraction of sp³-hybridized carbons (Fsp3) is 0.250. The van der Waals surface area contributed by atoms with Crippen molar-refractivity contribution in [3.63, 3.8) is 0 Å². The topological polar surface area (TPSA) is 49.7 Å². The van der Waals surface area contributed by atoms with Crippen molar-refractivity contribution < 1.29 is 32.3 Å². The van der Waals surface area contributed by atoms with E-state index >= 15 is 0 Å². The van der Waals surface area contributed by atoms with Crippen LogP contribution in [0, 0.1) is 5.82 Å². The molecule has 0 aliphatic carbocycles. The lowest BCUT2D eigenvalue weighted by Gasteiger charge is -2.14. The molecule has 16 heavy (non-hydrogen) atoms.